The van der Waals surface area contributed by atoms with Crippen LogP contribution in [-0.4, -0.2) is 35.0 Å². The Morgan fingerprint density at radius 1 is 1.12 bits per heavy atom. The number of hydrogen-bond acceptors (Lipinski definition) is 4. The van der Waals surface area contributed by atoms with Crippen LogP contribution in [0.2, 0.25) is 0 Å². The topological polar surface area (TPSA) is 78.5 Å². The van der Waals surface area contributed by atoms with E-state index in [2.05, 4.69) is 31.4 Å². The van der Waals surface area contributed by atoms with Gasteiger partial charge in [0.1, 0.15) is 12.1 Å². The summed E-state index contributed by atoms with van der Waals surface area (Å²) in [5.74, 6) is -3.87. The van der Waals surface area contributed by atoms with Crippen LogP contribution in [0.4, 0.5) is 19.3 Å². The zero-order chi connectivity index (χ0) is 23.7. The van der Waals surface area contributed by atoms with Gasteiger partial charge in [0.2, 0.25) is 5.91 Å². The van der Waals surface area contributed by atoms with Crippen molar-refractivity contribution < 1.29 is 23.2 Å². The Bertz CT molecular complexity index is 1040. The van der Waals surface area contributed by atoms with Gasteiger partial charge in [0.25, 0.3) is 11.7 Å². The molecule has 0 aliphatic carbocycles. The molecule has 4 amide bonds. The fraction of sp³-hybridized carbons (Fsp3) is 0.348. The van der Waals surface area contributed by atoms with Crippen LogP contribution in [0.3, 0.4) is 0 Å². The molecule has 1 fully saturated rings. The minimum Gasteiger partial charge on any atom is -0.324 e. The number of thioether (sulfide) groups is 1. The maximum atomic E-state index is 13.1. The second kappa shape index (κ2) is 8.90. The highest BCUT2D eigenvalue weighted by molar-refractivity contribution is 7.99. The van der Waals surface area contributed by atoms with Crippen LogP contribution >= 0.6 is 11.8 Å². The summed E-state index contributed by atoms with van der Waals surface area (Å²) in [7, 11) is 0. The lowest BCUT2D eigenvalue weighted by molar-refractivity contribution is -0.133. The second-order valence-electron chi connectivity index (χ2n) is 8.70. The zero-order valence-electron chi connectivity index (χ0n) is 18.2. The van der Waals surface area contributed by atoms with Gasteiger partial charge >= 0.3 is 6.03 Å². The van der Waals surface area contributed by atoms with Crippen LogP contribution in [-0.2, 0) is 20.5 Å². The van der Waals surface area contributed by atoms with Crippen LogP contribution in [0.15, 0.2) is 53.4 Å². The first kappa shape index (κ1) is 23.7. The maximum Gasteiger partial charge on any atom is 0.325 e. The standard InChI is InChI=1S/C23H25F2N3O3S/c1-22(2,3)14-9-11-15(12-10-14)23(4)19(30)28(21(31)27-23)13-18(29)26-16-7-5-6-8-17(16)32-20(24)25/h5-12,20H,13H2,1-4H3,(H,26,29)(H,27,31). The number of carbonyl (C=O) groups excluding carboxylic acids is 3. The summed E-state index contributed by atoms with van der Waals surface area (Å²) in [6.07, 6.45) is 0. The maximum absolute atomic E-state index is 13.1. The summed E-state index contributed by atoms with van der Waals surface area (Å²) in [5, 5.41) is 5.17. The summed E-state index contributed by atoms with van der Waals surface area (Å²) < 4.78 is 25.5. The summed E-state index contributed by atoms with van der Waals surface area (Å²) >= 11 is 0.303. The average Bonchev–Trinajstić information content (AvgIpc) is 2.92. The molecule has 1 unspecified atom stereocenters. The molecule has 0 radical (unpaired) electrons. The van der Waals surface area contributed by atoms with Crippen molar-refractivity contribution in [3.05, 3.63) is 59.7 Å². The number of amides is 4. The lowest BCUT2D eigenvalue weighted by Gasteiger charge is -2.24. The number of carbonyl (C=O) groups is 3. The van der Waals surface area contributed by atoms with Crippen molar-refractivity contribution in [1.82, 2.24) is 10.2 Å². The van der Waals surface area contributed by atoms with E-state index in [1.165, 1.54) is 12.1 Å². The van der Waals surface area contributed by atoms with E-state index < -0.39 is 35.7 Å². The third-order valence-corrected chi connectivity index (χ3v) is 6.07. The lowest BCUT2D eigenvalue weighted by atomic mass is 9.84. The SMILES string of the molecule is CC(C)(C)c1ccc(C2(C)NC(=O)N(CC(=O)Nc3ccccc3SC(F)F)C2=O)cc1. The van der Waals surface area contributed by atoms with E-state index >= 15 is 0 Å². The Kier molecular flexibility index (Phi) is 6.59. The molecule has 6 nitrogen and oxygen atoms in total. The number of alkyl halides is 2. The molecular formula is C23H25F2N3O3S. The van der Waals surface area contributed by atoms with Crippen LogP contribution < -0.4 is 10.6 Å². The molecular weight excluding hydrogens is 436 g/mol. The van der Waals surface area contributed by atoms with E-state index in [1.807, 2.05) is 12.1 Å². The minimum atomic E-state index is -2.65. The Morgan fingerprint density at radius 2 is 1.75 bits per heavy atom. The number of nitrogens with zero attached hydrogens (tertiary/aromatic N) is 1. The van der Waals surface area contributed by atoms with Gasteiger partial charge in [-0.25, -0.2) is 4.79 Å². The van der Waals surface area contributed by atoms with Crippen molar-refractivity contribution in [1.29, 1.82) is 0 Å². The van der Waals surface area contributed by atoms with Crippen molar-refractivity contribution in [2.75, 3.05) is 11.9 Å². The molecule has 2 aromatic carbocycles. The molecule has 9 heteroatoms. The smallest absolute Gasteiger partial charge is 0.324 e. The third kappa shape index (κ3) is 4.93. The molecule has 2 aromatic rings. The van der Waals surface area contributed by atoms with Crippen LogP contribution in [0.1, 0.15) is 38.8 Å². The molecule has 1 heterocycles. The summed E-state index contributed by atoms with van der Waals surface area (Å²) in [4.78, 5) is 39.1. The van der Waals surface area contributed by atoms with Crippen LogP contribution in [0.5, 0.6) is 0 Å². The normalized spacial score (nSPS) is 18.8. The van der Waals surface area contributed by atoms with Crippen molar-refractivity contribution >= 4 is 35.3 Å². The highest BCUT2D eigenvalue weighted by Crippen LogP contribution is 2.33. The summed E-state index contributed by atoms with van der Waals surface area (Å²) in [5.41, 5.74) is 0.502. The molecule has 170 valence electrons. The van der Waals surface area contributed by atoms with E-state index in [0.717, 1.165) is 10.5 Å². The fourth-order valence-corrected chi connectivity index (χ4v) is 4.04. The van der Waals surface area contributed by atoms with E-state index in [0.29, 0.717) is 17.3 Å². The molecule has 0 aromatic heterocycles. The quantitative estimate of drug-likeness (QED) is 0.483. The molecule has 1 atom stereocenters. The van der Waals surface area contributed by atoms with Gasteiger partial charge in [-0.2, -0.15) is 8.78 Å². The van der Waals surface area contributed by atoms with Crippen molar-refractivity contribution in [3.8, 4) is 0 Å². The number of halogens is 2. The summed E-state index contributed by atoms with van der Waals surface area (Å²) in [6, 6.07) is 12.8. The Labute approximate surface area is 189 Å². The number of para-hydroxylation sites is 1. The molecule has 1 aliphatic heterocycles. The first-order valence-electron chi connectivity index (χ1n) is 10.0. The van der Waals surface area contributed by atoms with Gasteiger partial charge in [-0.05, 0) is 35.6 Å². The summed E-state index contributed by atoms with van der Waals surface area (Å²) in [6.45, 7) is 7.28. The predicted octanol–water partition coefficient (Wildman–Crippen LogP) is 4.70. The average molecular weight is 462 g/mol. The van der Waals surface area contributed by atoms with Gasteiger partial charge in [0, 0.05) is 4.90 Å². The number of hydrogen-bond donors (Lipinski definition) is 2. The number of imide groups is 1. The highest BCUT2D eigenvalue weighted by Gasteiger charge is 2.49. The first-order valence-corrected chi connectivity index (χ1v) is 10.9. The Morgan fingerprint density at radius 3 is 2.34 bits per heavy atom. The van der Waals surface area contributed by atoms with Gasteiger partial charge in [0.15, 0.2) is 0 Å². The van der Waals surface area contributed by atoms with E-state index in [-0.39, 0.29) is 16.0 Å². The number of urea groups is 1. The monoisotopic (exact) mass is 461 g/mol. The van der Waals surface area contributed by atoms with Crippen molar-refractivity contribution in [2.45, 2.75) is 49.3 Å². The largest absolute Gasteiger partial charge is 0.325 e. The molecule has 0 saturated carbocycles. The van der Waals surface area contributed by atoms with Gasteiger partial charge < -0.3 is 10.6 Å². The van der Waals surface area contributed by atoms with Crippen LogP contribution in [0.25, 0.3) is 0 Å². The molecule has 32 heavy (non-hydrogen) atoms. The van der Waals surface area contributed by atoms with E-state index in [4.69, 9.17) is 0 Å². The Balaban J connectivity index is 1.74. The van der Waals surface area contributed by atoms with Crippen LogP contribution in [0, 0.1) is 0 Å². The van der Waals surface area contributed by atoms with E-state index in [9.17, 15) is 23.2 Å². The number of nitrogens with one attached hydrogen (secondary N) is 2. The zero-order valence-corrected chi connectivity index (χ0v) is 19.1. The van der Waals surface area contributed by atoms with Crippen molar-refractivity contribution in [2.24, 2.45) is 0 Å². The molecule has 2 N–H and O–H groups in total. The predicted molar refractivity (Wildman–Crippen MR) is 120 cm³/mol. The highest BCUT2D eigenvalue weighted by atomic mass is 32.2. The molecule has 1 aliphatic rings. The first-order chi connectivity index (χ1) is 14.9. The van der Waals surface area contributed by atoms with Gasteiger partial charge in [0.05, 0.1) is 5.69 Å². The fourth-order valence-electron chi connectivity index (χ4n) is 3.44. The second-order valence-corrected chi connectivity index (χ2v) is 9.73. The van der Waals surface area contributed by atoms with Crippen molar-refractivity contribution in [3.63, 3.8) is 0 Å². The molecule has 1 saturated heterocycles. The van der Waals surface area contributed by atoms with Gasteiger partial charge in [-0.15, -0.1) is 0 Å². The number of benzene rings is 2. The molecule has 0 spiro atoms. The Hall–Kier alpha value is -2.94. The minimum absolute atomic E-state index is 0.0641. The molecule has 3 rings (SSSR count). The van der Waals surface area contributed by atoms with Gasteiger partial charge in [-0.1, -0.05) is 68.9 Å². The van der Waals surface area contributed by atoms with Gasteiger partial charge in [-0.3, -0.25) is 14.5 Å². The number of anilines is 1. The lowest BCUT2D eigenvalue weighted by Crippen LogP contribution is -2.42. The molecule has 0 bridgehead atoms. The number of rotatable bonds is 6. The van der Waals surface area contributed by atoms with E-state index in [1.54, 1.807) is 31.2 Å². The third-order valence-electron chi connectivity index (χ3n) is 5.28.